The maximum Gasteiger partial charge on any atom is 0.239 e. The molecule has 0 saturated carbocycles. The zero-order valence-electron chi connectivity index (χ0n) is 11.7. The van der Waals surface area contributed by atoms with Crippen molar-refractivity contribution in [2.24, 2.45) is 10.9 Å². The number of carbonyl (C=O) groups is 2. The number of carbonyl (C=O) groups excluding carboxylic acids is 2. The van der Waals surface area contributed by atoms with Gasteiger partial charge in [0.15, 0.2) is 5.17 Å². The van der Waals surface area contributed by atoms with E-state index in [4.69, 9.17) is 4.74 Å². The van der Waals surface area contributed by atoms with Crippen molar-refractivity contribution in [3.05, 3.63) is 29.8 Å². The highest BCUT2D eigenvalue weighted by molar-refractivity contribution is 8.15. The van der Waals surface area contributed by atoms with Crippen molar-refractivity contribution in [1.29, 1.82) is 0 Å². The van der Waals surface area contributed by atoms with Crippen LogP contribution in [0.3, 0.4) is 0 Å². The molecule has 0 radical (unpaired) electrons. The zero-order chi connectivity index (χ0) is 14.8. The summed E-state index contributed by atoms with van der Waals surface area (Å²) in [5, 5.41) is 0.666. The van der Waals surface area contributed by atoms with Gasteiger partial charge in [0.05, 0.1) is 11.8 Å². The lowest BCUT2D eigenvalue weighted by Crippen LogP contribution is -2.58. The fourth-order valence-electron chi connectivity index (χ4n) is 3.48. The molecule has 1 amide bonds. The Morgan fingerprint density at radius 1 is 1.48 bits per heavy atom. The molecule has 1 fully saturated rings. The molecule has 0 aliphatic carbocycles. The molecule has 1 aromatic rings. The Morgan fingerprint density at radius 2 is 2.24 bits per heavy atom. The minimum atomic E-state index is -0.936. The molecular formula is C15H14N2O3S. The molecule has 4 rings (SSSR count). The molecule has 0 spiro atoms. The highest BCUT2D eigenvalue weighted by Gasteiger charge is 2.58. The molecule has 1 saturated heterocycles. The number of Topliss-reactive ketones (excluding diaryl/α,β-unsaturated/α-hetero) is 1. The lowest BCUT2D eigenvalue weighted by molar-refractivity contribution is -0.140. The molecule has 0 aromatic heterocycles. The number of benzene rings is 1. The number of hydrogen-bond donors (Lipinski definition) is 0. The summed E-state index contributed by atoms with van der Waals surface area (Å²) in [6.07, 6.45) is 0. The number of amides is 1. The van der Waals surface area contributed by atoms with Crippen molar-refractivity contribution in [2.75, 3.05) is 5.75 Å². The molecule has 5 nitrogen and oxygen atoms in total. The van der Waals surface area contributed by atoms with Crippen LogP contribution >= 0.6 is 11.8 Å². The molecule has 108 valence electrons. The normalized spacial score (nSPS) is 33.0. The van der Waals surface area contributed by atoms with Gasteiger partial charge in [-0.15, -0.1) is 0 Å². The summed E-state index contributed by atoms with van der Waals surface area (Å²) in [5.41, 5.74) is -0.0488. The molecule has 3 aliphatic rings. The van der Waals surface area contributed by atoms with Crippen LogP contribution in [0.15, 0.2) is 29.3 Å². The van der Waals surface area contributed by atoms with E-state index in [-0.39, 0.29) is 17.7 Å². The third-order valence-corrected chi connectivity index (χ3v) is 5.22. The van der Waals surface area contributed by atoms with Gasteiger partial charge in [-0.3, -0.25) is 14.5 Å². The Hall–Kier alpha value is -1.82. The SMILES string of the molecule is CC(=O)[C@@H]1[C@H]2c3ccccc3O[C@]1(C)N=C1SCC(=O)N12. The average molecular weight is 302 g/mol. The maximum absolute atomic E-state index is 12.3. The number of para-hydroxylation sites is 1. The van der Waals surface area contributed by atoms with Gasteiger partial charge in [-0.25, -0.2) is 4.99 Å². The van der Waals surface area contributed by atoms with Crippen LogP contribution in [-0.4, -0.2) is 33.2 Å². The highest BCUT2D eigenvalue weighted by atomic mass is 32.2. The van der Waals surface area contributed by atoms with E-state index in [0.717, 1.165) is 5.56 Å². The van der Waals surface area contributed by atoms with Gasteiger partial charge in [-0.1, -0.05) is 30.0 Å². The molecule has 21 heavy (non-hydrogen) atoms. The van der Waals surface area contributed by atoms with Crippen LogP contribution in [0, 0.1) is 5.92 Å². The molecule has 0 N–H and O–H groups in total. The topological polar surface area (TPSA) is 59.0 Å². The van der Waals surface area contributed by atoms with E-state index in [1.807, 2.05) is 31.2 Å². The number of hydrogen-bond acceptors (Lipinski definition) is 5. The monoisotopic (exact) mass is 302 g/mol. The smallest absolute Gasteiger partial charge is 0.239 e. The lowest BCUT2D eigenvalue weighted by Gasteiger charge is -2.49. The van der Waals surface area contributed by atoms with Crippen LogP contribution < -0.4 is 4.74 Å². The van der Waals surface area contributed by atoms with Crippen LogP contribution in [0.4, 0.5) is 0 Å². The predicted octanol–water partition coefficient (Wildman–Crippen LogP) is 1.99. The summed E-state index contributed by atoms with van der Waals surface area (Å²) in [6.45, 7) is 3.37. The van der Waals surface area contributed by atoms with Crippen LogP contribution in [0.2, 0.25) is 0 Å². The van der Waals surface area contributed by atoms with Gasteiger partial charge in [0.1, 0.15) is 17.5 Å². The standard InChI is InChI=1S/C15H14N2O3S/c1-8(18)12-13-9-5-3-4-6-10(9)20-15(12,2)16-14-17(13)11(19)7-21-14/h3-6,12-13H,7H2,1-2H3/t12-,13-,15+/m1/s1. The summed E-state index contributed by atoms with van der Waals surface area (Å²) in [5.74, 6) is 0.602. The van der Waals surface area contributed by atoms with Crippen molar-refractivity contribution in [2.45, 2.75) is 25.6 Å². The van der Waals surface area contributed by atoms with Crippen LogP contribution in [-0.2, 0) is 9.59 Å². The van der Waals surface area contributed by atoms with Crippen LogP contribution in [0.25, 0.3) is 0 Å². The molecule has 3 heterocycles. The van der Waals surface area contributed by atoms with Crippen LogP contribution in [0.5, 0.6) is 5.75 Å². The van der Waals surface area contributed by atoms with E-state index in [0.29, 0.717) is 16.7 Å². The van der Waals surface area contributed by atoms with Crippen molar-refractivity contribution in [3.8, 4) is 5.75 Å². The van der Waals surface area contributed by atoms with Gasteiger partial charge in [0, 0.05) is 5.56 Å². The summed E-state index contributed by atoms with van der Waals surface area (Å²) in [4.78, 5) is 30.8. The number of nitrogens with zero attached hydrogens (tertiary/aromatic N) is 2. The first kappa shape index (κ1) is 12.9. The Balaban J connectivity index is 1.99. The van der Waals surface area contributed by atoms with E-state index in [9.17, 15) is 9.59 Å². The zero-order valence-corrected chi connectivity index (χ0v) is 12.5. The predicted molar refractivity (Wildman–Crippen MR) is 79.1 cm³/mol. The second-order valence-electron chi connectivity index (χ2n) is 5.67. The van der Waals surface area contributed by atoms with E-state index >= 15 is 0 Å². The molecule has 3 atom stereocenters. The second kappa shape index (κ2) is 4.10. The minimum Gasteiger partial charge on any atom is -0.465 e. The van der Waals surface area contributed by atoms with E-state index < -0.39 is 11.6 Å². The van der Waals surface area contributed by atoms with Gasteiger partial charge in [-0.2, -0.15) is 0 Å². The molecule has 0 unspecified atom stereocenters. The van der Waals surface area contributed by atoms with Gasteiger partial charge in [0.25, 0.3) is 0 Å². The lowest BCUT2D eigenvalue weighted by atomic mass is 9.78. The third kappa shape index (κ3) is 1.62. The fourth-order valence-corrected chi connectivity index (χ4v) is 4.47. The first-order chi connectivity index (χ1) is 10.0. The number of ketones is 1. The number of rotatable bonds is 1. The van der Waals surface area contributed by atoms with Gasteiger partial charge in [-0.05, 0) is 19.9 Å². The van der Waals surface area contributed by atoms with Crippen molar-refractivity contribution in [3.63, 3.8) is 0 Å². The molecule has 6 heteroatoms. The molecule has 3 aliphatic heterocycles. The number of thioether (sulfide) groups is 1. The Labute approximate surface area is 126 Å². The first-order valence-electron chi connectivity index (χ1n) is 6.84. The molecule has 2 bridgehead atoms. The summed E-state index contributed by atoms with van der Waals surface area (Å²) >= 11 is 1.41. The van der Waals surface area contributed by atoms with E-state index in [1.54, 1.807) is 11.8 Å². The highest BCUT2D eigenvalue weighted by Crippen LogP contribution is 2.52. The number of aliphatic imine (C=N–C) groups is 1. The quantitative estimate of drug-likeness (QED) is 0.796. The van der Waals surface area contributed by atoms with Gasteiger partial charge in [0.2, 0.25) is 11.6 Å². The van der Waals surface area contributed by atoms with Gasteiger partial charge >= 0.3 is 0 Å². The summed E-state index contributed by atoms with van der Waals surface area (Å²) in [6, 6.07) is 7.27. The fraction of sp³-hybridized carbons (Fsp3) is 0.400. The van der Waals surface area contributed by atoms with Crippen molar-refractivity contribution < 1.29 is 14.3 Å². The van der Waals surface area contributed by atoms with Crippen molar-refractivity contribution >= 4 is 28.6 Å². The second-order valence-corrected chi connectivity index (χ2v) is 6.62. The Kier molecular flexibility index (Phi) is 2.52. The number of ether oxygens (including phenoxy) is 1. The number of amidine groups is 1. The van der Waals surface area contributed by atoms with Crippen LogP contribution in [0.1, 0.15) is 25.5 Å². The van der Waals surface area contributed by atoms with Gasteiger partial charge < -0.3 is 4.74 Å². The third-order valence-electron chi connectivity index (χ3n) is 4.28. The van der Waals surface area contributed by atoms with Crippen molar-refractivity contribution in [1.82, 2.24) is 4.90 Å². The summed E-state index contributed by atoms with van der Waals surface area (Å²) < 4.78 is 6.05. The molecular weight excluding hydrogens is 288 g/mol. The maximum atomic E-state index is 12.3. The van der Waals surface area contributed by atoms with E-state index in [2.05, 4.69) is 4.99 Å². The average Bonchev–Trinajstić information content (AvgIpc) is 2.77. The Morgan fingerprint density at radius 3 is 3.00 bits per heavy atom. The minimum absolute atomic E-state index is 0.00810. The number of fused-ring (bicyclic) bond motifs is 6. The first-order valence-corrected chi connectivity index (χ1v) is 7.83. The van der Waals surface area contributed by atoms with E-state index in [1.165, 1.54) is 11.8 Å². The summed E-state index contributed by atoms with van der Waals surface area (Å²) in [7, 11) is 0. The molecule has 1 aromatic carbocycles. The largest absolute Gasteiger partial charge is 0.465 e. The Bertz CT molecular complexity index is 702.